The van der Waals surface area contributed by atoms with Crippen LogP contribution in [0, 0.1) is 46.3 Å². The van der Waals surface area contributed by atoms with Crippen molar-refractivity contribution in [1.29, 1.82) is 0 Å². The van der Waals surface area contributed by atoms with Gasteiger partial charge in [0, 0.05) is 0 Å². The fraction of sp³-hybridized carbons (Fsp3) is 0.667. The van der Waals surface area contributed by atoms with Gasteiger partial charge in [-0.3, -0.25) is 0 Å². The number of hydrogen-bond acceptors (Lipinski definition) is 5. The molecule has 0 amide bonds. The van der Waals surface area contributed by atoms with E-state index in [0.29, 0.717) is 48.5 Å². The van der Waals surface area contributed by atoms with Crippen LogP contribution in [0.25, 0.3) is 0 Å². The Balaban J connectivity index is 0.986. The number of hydrogen-bond donors (Lipinski definition) is 0. The zero-order valence-corrected chi connectivity index (χ0v) is 25.2. The normalized spacial score (nSPS) is 37.1. The van der Waals surface area contributed by atoms with Gasteiger partial charge in [0.15, 0.2) is 23.0 Å². The van der Waals surface area contributed by atoms with Crippen molar-refractivity contribution in [3.05, 3.63) is 47.5 Å². The first-order valence-electron chi connectivity index (χ1n) is 16.3. The maximum atomic E-state index is 7.39. The van der Waals surface area contributed by atoms with Crippen molar-refractivity contribution < 1.29 is 23.7 Å². The van der Waals surface area contributed by atoms with Gasteiger partial charge in [-0.2, -0.15) is 0 Å². The van der Waals surface area contributed by atoms with Crippen molar-refractivity contribution in [3.63, 3.8) is 0 Å². The molecule has 4 aliphatic carbocycles. The van der Waals surface area contributed by atoms with Crippen molar-refractivity contribution in [2.45, 2.75) is 91.3 Å². The van der Waals surface area contributed by atoms with Crippen LogP contribution in [0.5, 0.6) is 23.0 Å². The first-order chi connectivity index (χ1) is 19.9. The lowest BCUT2D eigenvalue weighted by Gasteiger charge is -2.32. The Labute approximate surface area is 245 Å². The summed E-state index contributed by atoms with van der Waals surface area (Å²) in [4.78, 5) is 0. The largest absolute Gasteiger partial charge is 0.454 e. The maximum absolute atomic E-state index is 7.39. The molecule has 2 heterocycles. The maximum Gasteiger partial charge on any atom is 0.231 e. The highest BCUT2D eigenvalue weighted by Gasteiger charge is 2.69. The predicted octanol–water partition coefficient (Wildman–Crippen LogP) is 7.83. The van der Waals surface area contributed by atoms with Gasteiger partial charge in [-0.25, -0.2) is 0 Å². The molecule has 6 aliphatic rings. The smallest absolute Gasteiger partial charge is 0.231 e. The number of benzene rings is 2. The Bertz CT molecular complexity index is 1220. The van der Waals surface area contributed by atoms with Gasteiger partial charge in [0.2, 0.25) is 13.6 Å². The lowest BCUT2D eigenvalue weighted by Crippen LogP contribution is -2.32. The molecule has 2 aromatic rings. The van der Waals surface area contributed by atoms with E-state index in [2.05, 4.69) is 64.1 Å². The molecule has 4 saturated carbocycles. The van der Waals surface area contributed by atoms with E-state index in [4.69, 9.17) is 23.7 Å². The number of ether oxygens (including phenoxy) is 5. The molecule has 0 N–H and O–H groups in total. The minimum absolute atomic E-state index is 0.340. The third-order valence-corrected chi connectivity index (χ3v) is 12.6. The highest BCUT2D eigenvalue weighted by atomic mass is 16.7. The van der Waals surface area contributed by atoms with Crippen LogP contribution in [0.15, 0.2) is 36.4 Å². The number of fused-ring (bicyclic) bond motifs is 4. The van der Waals surface area contributed by atoms with E-state index in [1.807, 2.05) is 0 Å². The van der Waals surface area contributed by atoms with Crippen molar-refractivity contribution in [2.24, 2.45) is 46.3 Å². The lowest BCUT2D eigenvalue weighted by atomic mass is 9.88. The molecular weight excluding hydrogens is 512 g/mol. The molecule has 5 nitrogen and oxygen atoms in total. The average molecular weight is 559 g/mol. The van der Waals surface area contributed by atoms with Crippen molar-refractivity contribution in [2.75, 3.05) is 13.6 Å². The summed E-state index contributed by atoms with van der Waals surface area (Å²) >= 11 is 0. The summed E-state index contributed by atoms with van der Waals surface area (Å²) in [7, 11) is 0. The van der Waals surface area contributed by atoms with Gasteiger partial charge in [-0.1, -0.05) is 39.8 Å². The Kier molecular flexibility index (Phi) is 6.12. The Morgan fingerprint density at radius 2 is 1.07 bits per heavy atom. The summed E-state index contributed by atoms with van der Waals surface area (Å²) in [5.41, 5.74) is 3.73. The quantitative estimate of drug-likeness (QED) is 0.297. The van der Waals surface area contributed by atoms with Crippen LogP contribution in [-0.4, -0.2) is 25.8 Å². The average Bonchev–Trinajstić information content (AvgIpc) is 3.54. The van der Waals surface area contributed by atoms with E-state index in [1.54, 1.807) is 0 Å². The monoisotopic (exact) mass is 558 g/mol. The van der Waals surface area contributed by atoms with Gasteiger partial charge in [-0.05, 0) is 133 Å². The van der Waals surface area contributed by atoms with Gasteiger partial charge >= 0.3 is 0 Å². The first-order valence-corrected chi connectivity index (χ1v) is 16.3. The standard InChI is InChI=1S/C36H46O5/c1-21(2)35-15-27(35)25(9-5-23-7-11-29-31(13-23)39-19-37-29)33(17-35)41-34-18-36(22(3)4)16-28(36)26(34)10-6-24-8-12-30-32(14-24)40-20-38-30/h7-8,11-14,21-22,25-28,33-34H,5-6,9-10,15-20H2,1-4H3. The highest BCUT2D eigenvalue weighted by Crippen LogP contribution is 2.73. The van der Waals surface area contributed by atoms with E-state index in [0.717, 1.165) is 59.5 Å². The van der Waals surface area contributed by atoms with Gasteiger partial charge in [0.1, 0.15) is 0 Å². The number of rotatable bonds is 10. The molecular formula is C36H46O5. The summed E-state index contributed by atoms with van der Waals surface area (Å²) in [6.45, 7) is 10.5. The minimum atomic E-state index is 0.340. The third kappa shape index (κ3) is 4.27. The summed E-state index contributed by atoms with van der Waals surface area (Å²) in [5, 5.41) is 0. The zero-order valence-electron chi connectivity index (χ0n) is 25.2. The van der Waals surface area contributed by atoms with Crippen molar-refractivity contribution >= 4 is 0 Å². The molecule has 0 radical (unpaired) electrons. The lowest BCUT2D eigenvalue weighted by molar-refractivity contribution is -0.0705. The van der Waals surface area contributed by atoms with Crippen LogP contribution in [0.3, 0.4) is 0 Å². The van der Waals surface area contributed by atoms with Crippen molar-refractivity contribution in [3.8, 4) is 23.0 Å². The second-order valence-corrected chi connectivity index (χ2v) is 14.8. The molecule has 8 unspecified atom stereocenters. The molecule has 41 heavy (non-hydrogen) atoms. The van der Waals surface area contributed by atoms with Crippen LogP contribution in [0.1, 0.15) is 77.3 Å². The predicted molar refractivity (Wildman–Crippen MR) is 157 cm³/mol. The van der Waals surface area contributed by atoms with Gasteiger partial charge in [0.05, 0.1) is 12.2 Å². The summed E-state index contributed by atoms with van der Waals surface area (Å²) in [6, 6.07) is 13.0. The van der Waals surface area contributed by atoms with Gasteiger partial charge in [0.25, 0.3) is 0 Å². The summed E-state index contributed by atoms with van der Waals surface area (Å²) < 4.78 is 29.8. The minimum Gasteiger partial charge on any atom is -0.454 e. The van der Waals surface area contributed by atoms with E-state index in [9.17, 15) is 0 Å². The topological polar surface area (TPSA) is 46.2 Å². The molecule has 8 atom stereocenters. The van der Waals surface area contributed by atoms with E-state index < -0.39 is 0 Å². The van der Waals surface area contributed by atoms with Gasteiger partial charge in [-0.15, -0.1) is 0 Å². The molecule has 5 heteroatoms. The molecule has 0 bridgehead atoms. The molecule has 2 aliphatic heterocycles. The Hall–Kier alpha value is -2.40. The third-order valence-electron chi connectivity index (χ3n) is 12.6. The number of aryl methyl sites for hydroxylation is 2. The molecule has 0 spiro atoms. The van der Waals surface area contributed by atoms with Crippen LogP contribution < -0.4 is 18.9 Å². The van der Waals surface area contributed by atoms with Crippen LogP contribution >= 0.6 is 0 Å². The fourth-order valence-electron chi connectivity index (χ4n) is 9.85. The van der Waals surface area contributed by atoms with Crippen LogP contribution in [0.4, 0.5) is 0 Å². The molecule has 0 aromatic heterocycles. The Morgan fingerprint density at radius 1 is 0.634 bits per heavy atom. The first kappa shape index (κ1) is 26.2. The van der Waals surface area contributed by atoms with Crippen LogP contribution in [-0.2, 0) is 17.6 Å². The summed E-state index contributed by atoms with van der Waals surface area (Å²) in [6.07, 6.45) is 10.7. The Morgan fingerprint density at radius 3 is 1.51 bits per heavy atom. The van der Waals surface area contributed by atoms with E-state index in [1.165, 1.54) is 49.7 Å². The second kappa shape index (κ2) is 9.56. The molecule has 220 valence electrons. The van der Waals surface area contributed by atoms with Crippen molar-refractivity contribution in [1.82, 2.24) is 0 Å². The zero-order chi connectivity index (χ0) is 27.9. The van der Waals surface area contributed by atoms with E-state index in [-0.39, 0.29) is 0 Å². The molecule has 0 saturated heterocycles. The SMILES string of the molecule is CC(C)C12CC(OC3CC4(C(C)C)CC4C3CCc3ccc4c(c3)OCO4)C(CCc3ccc4c(c3)OCO4)C1C2. The van der Waals surface area contributed by atoms with E-state index >= 15 is 0 Å². The van der Waals surface area contributed by atoms with Gasteiger partial charge < -0.3 is 23.7 Å². The highest BCUT2D eigenvalue weighted by molar-refractivity contribution is 5.45. The molecule has 4 fully saturated rings. The van der Waals surface area contributed by atoms with Crippen LogP contribution in [0.2, 0.25) is 0 Å². The summed E-state index contributed by atoms with van der Waals surface area (Å²) in [5.74, 6) is 7.98. The molecule has 2 aromatic carbocycles. The fourth-order valence-corrected chi connectivity index (χ4v) is 9.85. The second-order valence-electron chi connectivity index (χ2n) is 14.8. The molecule has 8 rings (SSSR count).